The molecule has 4 N–H and O–H groups in total. The number of carbonyl (C=O) groups excluding carboxylic acids is 1. The van der Waals surface area contributed by atoms with Gasteiger partial charge in [0.2, 0.25) is 5.95 Å². The Labute approximate surface area is 207 Å². The lowest BCUT2D eigenvalue weighted by atomic mass is 9.98. The molecule has 2 heterocycles. The zero-order chi connectivity index (χ0) is 25.5. The third-order valence-electron chi connectivity index (χ3n) is 6.73. The van der Waals surface area contributed by atoms with E-state index in [1.807, 2.05) is 13.0 Å². The van der Waals surface area contributed by atoms with Crippen LogP contribution in [-0.4, -0.2) is 63.9 Å². The Balaban J connectivity index is 1.67. The average Bonchev–Trinajstić information content (AvgIpc) is 2.81. The van der Waals surface area contributed by atoms with E-state index in [0.29, 0.717) is 47.1 Å². The summed E-state index contributed by atoms with van der Waals surface area (Å²) in [6.45, 7) is 8.28. The van der Waals surface area contributed by atoms with Gasteiger partial charge in [-0.1, -0.05) is 25.5 Å². The van der Waals surface area contributed by atoms with Crippen LogP contribution in [0, 0.1) is 12.8 Å². The van der Waals surface area contributed by atoms with Gasteiger partial charge in [0, 0.05) is 17.7 Å². The number of nitrogens with zero attached hydrogens (tertiary/aromatic N) is 4. The van der Waals surface area contributed by atoms with Gasteiger partial charge in [0.25, 0.3) is 0 Å². The Morgan fingerprint density at radius 1 is 1.31 bits per heavy atom. The summed E-state index contributed by atoms with van der Waals surface area (Å²) < 4.78 is 5.50. The largest absolute Gasteiger partial charge is 0.508 e. The zero-order valence-corrected chi connectivity index (χ0v) is 21.3. The van der Waals surface area contributed by atoms with Gasteiger partial charge in [-0.05, 0) is 76.4 Å². The number of carbonyl (C=O) groups is 1. The van der Waals surface area contributed by atoms with E-state index in [-0.39, 0.29) is 30.1 Å². The van der Waals surface area contributed by atoms with E-state index in [0.717, 1.165) is 43.8 Å². The van der Waals surface area contributed by atoms with E-state index in [2.05, 4.69) is 28.8 Å². The number of hydrogen-bond acceptors (Lipinski definition) is 9. The second-order valence-corrected chi connectivity index (χ2v) is 9.70. The highest BCUT2D eigenvalue weighted by Gasteiger charge is 2.22. The number of phenolic OH excluding ortho intramolecular Hbond substituents is 1. The molecule has 0 saturated carbocycles. The minimum absolute atomic E-state index is 0.0684. The first kappa shape index (κ1) is 26.7. The number of esters is 1. The van der Waals surface area contributed by atoms with Crippen molar-refractivity contribution < 1.29 is 19.8 Å². The van der Waals surface area contributed by atoms with Crippen LogP contribution >= 0.6 is 0 Å². The van der Waals surface area contributed by atoms with E-state index < -0.39 is 0 Å². The number of ether oxygens (including phenoxy) is 1. The van der Waals surface area contributed by atoms with Gasteiger partial charge in [-0.2, -0.15) is 4.98 Å². The first-order valence-electron chi connectivity index (χ1n) is 12.4. The van der Waals surface area contributed by atoms with Crippen molar-refractivity contribution in [2.75, 3.05) is 37.5 Å². The zero-order valence-electron chi connectivity index (χ0n) is 21.3. The summed E-state index contributed by atoms with van der Waals surface area (Å²) in [4.78, 5) is 23.2. The van der Waals surface area contributed by atoms with Crippen molar-refractivity contribution in [1.29, 1.82) is 0 Å². The average molecular weight is 486 g/mol. The molecule has 1 saturated heterocycles. The second kappa shape index (κ2) is 12.2. The number of nitrogen functional groups attached to an aromatic ring is 1. The lowest BCUT2D eigenvalue weighted by Crippen LogP contribution is -2.32. The molecule has 1 aliphatic heterocycles. The van der Waals surface area contributed by atoms with E-state index in [1.165, 1.54) is 0 Å². The highest BCUT2D eigenvalue weighted by molar-refractivity contribution is 5.72. The van der Waals surface area contributed by atoms with Crippen LogP contribution in [0.15, 0.2) is 18.2 Å². The molecule has 0 spiro atoms. The molecular formula is C26H39N5O4. The summed E-state index contributed by atoms with van der Waals surface area (Å²) in [5, 5.41) is 22.6. The third kappa shape index (κ3) is 7.29. The maximum absolute atomic E-state index is 12.3. The minimum atomic E-state index is -0.290. The lowest BCUT2D eigenvalue weighted by Gasteiger charge is -2.28. The number of phenols is 1. The van der Waals surface area contributed by atoms with Gasteiger partial charge < -0.3 is 20.5 Å². The molecule has 2 aromatic rings. The number of hydrogen-bond donors (Lipinski definition) is 3. The molecule has 0 amide bonds. The summed E-state index contributed by atoms with van der Waals surface area (Å²) in [5.41, 5.74) is 8.50. The molecule has 192 valence electrons. The number of aromatic nitrogens is 2. The molecule has 1 unspecified atom stereocenters. The number of aromatic hydroxyl groups is 1. The summed E-state index contributed by atoms with van der Waals surface area (Å²) >= 11 is 0. The topological polar surface area (TPSA) is 125 Å². The van der Waals surface area contributed by atoms with Crippen LogP contribution in [-0.2, 0) is 22.4 Å². The first-order chi connectivity index (χ1) is 16.7. The normalized spacial score (nSPS) is 15.7. The van der Waals surface area contributed by atoms with Crippen LogP contribution in [0.3, 0.4) is 0 Å². The summed E-state index contributed by atoms with van der Waals surface area (Å²) in [5.74, 6) is 0.622. The van der Waals surface area contributed by atoms with Crippen LogP contribution in [0.1, 0.15) is 61.9 Å². The summed E-state index contributed by atoms with van der Waals surface area (Å²) in [6.07, 6.45) is 4.19. The molecule has 35 heavy (non-hydrogen) atoms. The fourth-order valence-electron chi connectivity index (χ4n) is 4.46. The number of likely N-dealkylation sites (tertiary alicyclic amines) is 1. The Hall–Kier alpha value is -2.91. The highest BCUT2D eigenvalue weighted by Crippen LogP contribution is 2.29. The fourth-order valence-corrected chi connectivity index (χ4v) is 4.46. The Morgan fingerprint density at radius 2 is 2.03 bits per heavy atom. The predicted molar refractivity (Wildman–Crippen MR) is 136 cm³/mol. The molecule has 1 atom stereocenters. The second-order valence-electron chi connectivity index (χ2n) is 9.70. The van der Waals surface area contributed by atoms with E-state index in [4.69, 9.17) is 10.5 Å². The fraction of sp³-hybridized carbons (Fsp3) is 0.577. The van der Waals surface area contributed by atoms with Crippen molar-refractivity contribution in [2.24, 2.45) is 5.92 Å². The molecule has 0 bridgehead atoms. The number of nitrogens with two attached hydrogens (primary N) is 1. The van der Waals surface area contributed by atoms with E-state index in [1.54, 1.807) is 19.1 Å². The van der Waals surface area contributed by atoms with Crippen LogP contribution in [0.4, 0.5) is 11.8 Å². The monoisotopic (exact) mass is 485 g/mol. The lowest BCUT2D eigenvalue weighted by molar-refractivity contribution is -0.144. The van der Waals surface area contributed by atoms with Crippen LogP contribution in [0.2, 0.25) is 0 Å². The number of piperidine rings is 1. The van der Waals surface area contributed by atoms with Crippen LogP contribution in [0.5, 0.6) is 5.75 Å². The van der Waals surface area contributed by atoms with E-state index >= 15 is 0 Å². The molecular weight excluding hydrogens is 446 g/mol. The van der Waals surface area contributed by atoms with Crippen molar-refractivity contribution in [2.45, 2.75) is 65.3 Å². The molecule has 9 heteroatoms. The van der Waals surface area contributed by atoms with Crippen molar-refractivity contribution in [1.82, 2.24) is 14.9 Å². The van der Waals surface area contributed by atoms with Gasteiger partial charge in [-0.15, -0.1) is 0 Å². The number of rotatable bonds is 10. The molecule has 1 aromatic heterocycles. The van der Waals surface area contributed by atoms with Gasteiger partial charge >= 0.3 is 5.97 Å². The molecule has 0 aliphatic carbocycles. The molecule has 1 fully saturated rings. The molecule has 3 rings (SSSR count). The van der Waals surface area contributed by atoms with Gasteiger partial charge in [0.05, 0.1) is 19.1 Å². The highest BCUT2D eigenvalue weighted by atomic mass is 16.5. The van der Waals surface area contributed by atoms with Crippen molar-refractivity contribution in [3.05, 3.63) is 40.6 Å². The quantitative estimate of drug-likeness (QED) is 0.342. The number of benzene rings is 1. The van der Waals surface area contributed by atoms with Crippen molar-refractivity contribution in [3.8, 4) is 5.75 Å². The molecule has 1 aliphatic rings. The van der Waals surface area contributed by atoms with E-state index in [9.17, 15) is 15.1 Å². The Morgan fingerprint density at radius 3 is 2.69 bits per heavy atom. The third-order valence-corrected chi connectivity index (χ3v) is 6.73. The number of hydroxylamine groups is 1. The van der Waals surface area contributed by atoms with Crippen molar-refractivity contribution >= 4 is 17.7 Å². The summed E-state index contributed by atoms with van der Waals surface area (Å²) in [7, 11) is 2.10. The van der Waals surface area contributed by atoms with Crippen molar-refractivity contribution in [3.63, 3.8) is 0 Å². The summed E-state index contributed by atoms with van der Waals surface area (Å²) in [6, 6.07) is 5.04. The number of aryl methyl sites for hydroxylation is 1. The standard InChI is InChI=1S/C26H39N5O4/c1-5-6-17(2)31(34)25-22(18(3)28-26(27)29-25)15-21-8-7-20(13-23(21)32)14-24(33)35-16-19-9-11-30(4)12-10-19/h7-8,13,17,19,32,34H,5-6,9-12,14-16H2,1-4H3,(H2,27,28,29). The van der Waals surface area contributed by atoms with Gasteiger partial charge in [0.15, 0.2) is 5.82 Å². The van der Waals surface area contributed by atoms with Crippen LogP contribution < -0.4 is 10.8 Å². The molecule has 1 aromatic carbocycles. The molecule has 0 radical (unpaired) electrons. The van der Waals surface area contributed by atoms with Gasteiger partial charge in [-0.3, -0.25) is 10.0 Å². The SMILES string of the molecule is CCCC(C)N(O)c1nc(N)nc(C)c1Cc1ccc(CC(=O)OCC2CCN(C)CC2)cc1O. The van der Waals surface area contributed by atoms with Gasteiger partial charge in [-0.25, -0.2) is 10.0 Å². The number of anilines is 2. The van der Waals surface area contributed by atoms with Crippen LogP contribution in [0.25, 0.3) is 0 Å². The molecule has 9 nitrogen and oxygen atoms in total. The Bertz CT molecular complexity index is 1010. The van der Waals surface area contributed by atoms with Gasteiger partial charge in [0.1, 0.15) is 5.75 Å². The Kier molecular flexibility index (Phi) is 9.28. The predicted octanol–water partition coefficient (Wildman–Crippen LogP) is 3.48. The maximum Gasteiger partial charge on any atom is 0.310 e. The first-order valence-corrected chi connectivity index (χ1v) is 12.4. The maximum atomic E-state index is 12.3. The minimum Gasteiger partial charge on any atom is -0.508 e. The smallest absolute Gasteiger partial charge is 0.310 e.